The van der Waals surface area contributed by atoms with E-state index in [1.54, 1.807) is 12.1 Å². The van der Waals surface area contributed by atoms with Crippen LogP contribution in [0.25, 0.3) is 11.1 Å². The van der Waals surface area contributed by atoms with Gasteiger partial charge in [0.1, 0.15) is 5.70 Å². The van der Waals surface area contributed by atoms with Crippen molar-refractivity contribution in [3.05, 3.63) is 65.9 Å². The topological polar surface area (TPSA) is 83.1 Å². The number of ether oxygens (including phenoxy) is 4. The molecule has 7 nitrogen and oxygen atoms in total. The van der Waals surface area contributed by atoms with Crippen molar-refractivity contribution in [3.63, 3.8) is 0 Å². The highest BCUT2D eigenvalue weighted by Gasteiger charge is 2.18. The third-order valence-electron chi connectivity index (χ3n) is 4.17. The van der Waals surface area contributed by atoms with Gasteiger partial charge in [0.15, 0.2) is 6.29 Å². The first-order valence-electron chi connectivity index (χ1n) is 8.69. The fourth-order valence-electron chi connectivity index (χ4n) is 2.72. The normalized spacial score (nSPS) is 14.6. The zero-order valence-electron chi connectivity index (χ0n) is 15.6. The summed E-state index contributed by atoms with van der Waals surface area (Å²) in [7, 11) is 2.47. The minimum atomic E-state index is -0.665. The Morgan fingerprint density at radius 3 is 2.04 bits per heavy atom. The number of anilines is 1. The van der Waals surface area contributed by atoms with Crippen LogP contribution in [0.2, 0.25) is 0 Å². The minimum Gasteiger partial charge on any atom is -0.466 e. The van der Waals surface area contributed by atoms with E-state index in [1.165, 1.54) is 14.2 Å². The van der Waals surface area contributed by atoms with Crippen molar-refractivity contribution < 1.29 is 28.5 Å². The molecule has 0 bridgehead atoms. The molecule has 0 radical (unpaired) electrons. The largest absolute Gasteiger partial charge is 0.466 e. The molecule has 0 aliphatic carbocycles. The van der Waals surface area contributed by atoms with E-state index < -0.39 is 11.9 Å². The molecule has 0 atom stereocenters. The van der Waals surface area contributed by atoms with E-state index in [1.807, 2.05) is 36.4 Å². The van der Waals surface area contributed by atoms with Gasteiger partial charge in [-0.1, -0.05) is 36.4 Å². The Kier molecular flexibility index (Phi) is 6.41. The molecule has 1 aliphatic heterocycles. The molecule has 0 unspecified atom stereocenters. The molecule has 0 amide bonds. The fraction of sp³-hybridized carbons (Fsp3) is 0.238. The Bertz CT molecular complexity index is 851. The van der Waals surface area contributed by atoms with Crippen LogP contribution in [0.5, 0.6) is 0 Å². The van der Waals surface area contributed by atoms with Crippen LogP contribution in [0.3, 0.4) is 0 Å². The summed E-state index contributed by atoms with van der Waals surface area (Å²) in [5, 5.41) is 2.87. The maximum Gasteiger partial charge on any atom is 0.354 e. The van der Waals surface area contributed by atoms with E-state index in [2.05, 4.69) is 14.8 Å². The molecule has 7 heteroatoms. The smallest absolute Gasteiger partial charge is 0.354 e. The number of carbonyl (C=O) groups excluding carboxylic acids is 2. The van der Waals surface area contributed by atoms with Crippen LogP contribution in [0, 0.1) is 0 Å². The van der Waals surface area contributed by atoms with Gasteiger partial charge in [-0.25, -0.2) is 9.59 Å². The molecular formula is C21H21NO6. The van der Waals surface area contributed by atoms with Gasteiger partial charge in [-0.2, -0.15) is 0 Å². The number of hydrogen-bond acceptors (Lipinski definition) is 7. The molecule has 146 valence electrons. The highest BCUT2D eigenvalue weighted by molar-refractivity contribution is 5.98. The van der Waals surface area contributed by atoms with Crippen molar-refractivity contribution in [2.24, 2.45) is 0 Å². The van der Waals surface area contributed by atoms with E-state index >= 15 is 0 Å². The molecule has 28 heavy (non-hydrogen) atoms. The first kappa shape index (κ1) is 19.6. The van der Waals surface area contributed by atoms with Crippen LogP contribution in [-0.2, 0) is 28.5 Å². The summed E-state index contributed by atoms with van der Waals surface area (Å²) in [6.07, 6.45) is 0.755. The lowest BCUT2D eigenvalue weighted by atomic mass is 10.0. The zero-order chi connectivity index (χ0) is 19.9. The maximum absolute atomic E-state index is 11.8. The van der Waals surface area contributed by atoms with Gasteiger partial charge in [-0.3, -0.25) is 0 Å². The van der Waals surface area contributed by atoms with Crippen LogP contribution in [0.4, 0.5) is 5.69 Å². The van der Waals surface area contributed by atoms with Crippen LogP contribution in [0.15, 0.2) is 60.3 Å². The first-order chi connectivity index (χ1) is 13.6. The molecule has 1 heterocycles. The van der Waals surface area contributed by atoms with Gasteiger partial charge >= 0.3 is 11.9 Å². The molecule has 1 aliphatic rings. The van der Waals surface area contributed by atoms with Gasteiger partial charge in [0.2, 0.25) is 0 Å². The molecule has 3 rings (SSSR count). The molecule has 0 spiro atoms. The third-order valence-corrected chi connectivity index (χ3v) is 4.17. The average molecular weight is 383 g/mol. The monoisotopic (exact) mass is 383 g/mol. The molecule has 0 saturated carbocycles. The second kappa shape index (κ2) is 9.16. The molecule has 1 saturated heterocycles. The standard InChI is InChI=1S/C21H21NO6/c1-25-19(23)13-18(20(24)26-2)22-17-9-7-15(8-10-17)14-3-5-16(6-4-14)21-27-11-12-28-21/h3-10,13,21-22H,11-12H2,1-2H3/b18-13+. The minimum absolute atomic E-state index is 0.0111. The molecule has 2 aromatic carbocycles. The van der Waals surface area contributed by atoms with Gasteiger partial charge < -0.3 is 24.3 Å². The maximum atomic E-state index is 11.8. The lowest BCUT2D eigenvalue weighted by molar-refractivity contribution is -0.138. The quantitative estimate of drug-likeness (QED) is 0.606. The van der Waals surface area contributed by atoms with Crippen molar-refractivity contribution in [3.8, 4) is 11.1 Å². The first-order valence-corrected chi connectivity index (χ1v) is 8.69. The predicted molar refractivity (Wildman–Crippen MR) is 102 cm³/mol. The van der Waals surface area contributed by atoms with Crippen molar-refractivity contribution in [2.45, 2.75) is 6.29 Å². The number of nitrogens with one attached hydrogen (secondary N) is 1. The third kappa shape index (κ3) is 4.76. The van der Waals surface area contributed by atoms with E-state index in [0.29, 0.717) is 18.9 Å². The Morgan fingerprint density at radius 2 is 1.50 bits per heavy atom. The SMILES string of the molecule is COC(=O)/C=C(/Nc1ccc(-c2ccc(C3OCCO3)cc2)cc1)C(=O)OC. The van der Waals surface area contributed by atoms with E-state index in [9.17, 15) is 9.59 Å². The van der Waals surface area contributed by atoms with Crippen LogP contribution in [0.1, 0.15) is 11.9 Å². The molecule has 2 aromatic rings. The van der Waals surface area contributed by atoms with Crippen molar-refractivity contribution >= 4 is 17.6 Å². The van der Waals surface area contributed by atoms with E-state index in [0.717, 1.165) is 22.8 Å². The zero-order valence-corrected chi connectivity index (χ0v) is 15.6. The fourth-order valence-corrected chi connectivity index (χ4v) is 2.72. The summed E-state index contributed by atoms with van der Waals surface area (Å²) in [6.45, 7) is 1.22. The summed E-state index contributed by atoms with van der Waals surface area (Å²) in [5.74, 6) is -1.32. The van der Waals surface area contributed by atoms with E-state index in [-0.39, 0.29) is 12.0 Å². The Labute approximate surface area is 162 Å². The summed E-state index contributed by atoms with van der Waals surface area (Å²) < 4.78 is 20.2. The van der Waals surface area contributed by atoms with Crippen LogP contribution in [-0.4, -0.2) is 39.4 Å². The predicted octanol–water partition coefficient (Wildman–Crippen LogP) is 3.04. The van der Waals surface area contributed by atoms with Gasteiger partial charge in [-0.05, 0) is 23.3 Å². The second-order valence-electron chi connectivity index (χ2n) is 5.97. The lowest BCUT2D eigenvalue weighted by Crippen LogP contribution is -2.15. The molecule has 1 fully saturated rings. The van der Waals surface area contributed by atoms with Crippen LogP contribution < -0.4 is 5.32 Å². The number of esters is 2. The van der Waals surface area contributed by atoms with Gasteiger partial charge in [0.25, 0.3) is 0 Å². The van der Waals surface area contributed by atoms with Gasteiger partial charge in [0.05, 0.1) is 33.5 Å². The molecular weight excluding hydrogens is 362 g/mol. The highest BCUT2D eigenvalue weighted by Crippen LogP contribution is 2.27. The number of methoxy groups -OCH3 is 2. The molecule has 0 aromatic heterocycles. The lowest BCUT2D eigenvalue weighted by Gasteiger charge is -2.11. The Balaban J connectivity index is 1.72. The average Bonchev–Trinajstić information content (AvgIpc) is 3.28. The summed E-state index contributed by atoms with van der Waals surface area (Å²) in [6, 6.07) is 15.4. The number of hydrogen-bond donors (Lipinski definition) is 1. The summed E-state index contributed by atoms with van der Waals surface area (Å²) in [5.41, 5.74) is 3.64. The second-order valence-corrected chi connectivity index (χ2v) is 5.97. The Hall–Kier alpha value is -3.16. The van der Waals surface area contributed by atoms with Gasteiger partial charge in [0, 0.05) is 11.3 Å². The number of benzene rings is 2. The molecule has 1 N–H and O–H groups in total. The Morgan fingerprint density at radius 1 is 0.929 bits per heavy atom. The van der Waals surface area contributed by atoms with Crippen LogP contribution >= 0.6 is 0 Å². The van der Waals surface area contributed by atoms with Crippen molar-refractivity contribution in [1.82, 2.24) is 0 Å². The van der Waals surface area contributed by atoms with Gasteiger partial charge in [-0.15, -0.1) is 0 Å². The van der Waals surface area contributed by atoms with Crippen molar-refractivity contribution in [2.75, 3.05) is 32.8 Å². The highest BCUT2D eigenvalue weighted by atomic mass is 16.7. The number of carbonyl (C=O) groups is 2. The summed E-state index contributed by atoms with van der Waals surface area (Å²) >= 11 is 0. The van der Waals surface area contributed by atoms with E-state index in [4.69, 9.17) is 9.47 Å². The summed E-state index contributed by atoms with van der Waals surface area (Å²) in [4.78, 5) is 23.2. The number of rotatable bonds is 6. The van der Waals surface area contributed by atoms with Crippen molar-refractivity contribution in [1.29, 1.82) is 0 Å².